The molecule has 0 fully saturated rings. The minimum absolute atomic E-state index is 0.0679. The lowest BCUT2D eigenvalue weighted by molar-refractivity contribution is -0.136. The Morgan fingerprint density at radius 2 is 1.73 bits per heavy atom. The molecule has 0 aliphatic carbocycles. The molecule has 2 aromatic carbocycles. The fourth-order valence-electron chi connectivity index (χ4n) is 1.78. The van der Waals surface area contributed by atoms with Gasteiger partial charge in [-0.05, 0) is 30.3 Å². The topological polar surface area (TPSA) is 87.7 Å². The van der Waals surface area contributed by atoms with E-state index in [1.165, 1.54) is 6.07 Å². The van der Waals surface area contributed by atoms with E-state index in [0.717, 1.165) is 0 Å². The molecule has 0 saturated heterocycles. The molecule has 0 atom stereocenters. The maximum Gasteiger partial charge on any atom is 0.313 e. The molecule has 22 heavy (non-hydrogen) atoms. The van der Waals surface area contributed by atoms with Gasteiger partial charge in [0.2, 0.25) is 0 Å². The molecule has 2 aromatic rings. The van der Waals surface area contributed by atoms with Crippen molar-refractivity contribution < 1.29 is 19.4 Å². The SMILES string of the molecule is COc1ccc(NC(=O)C(=O)NCc2ccccc2O)cc1. The van der Waals surface area contributed by atoms with Crippen LogP contribution in [0.5, 0.6) is 11.5 Å². The lowest BCUT2D eigenvalue weighted by Gasteiger charge is -2.08. The maximum atomic E-state index is 11.8. The van der Waals surface area contributed by atoms with Crippen LogP contribution in [0.1, 0.15) is 5.56 Å². The fourth-order valence-corrected chi connectivity index (χ4v) is 1.78. The highest BCUT2D eigenvalue weighted by molar-refractivity contribution is 6.39. The number of phenols is 1. The first kappa shape index (κ1) is 15.4. The van der Waals surface area contributed by atoms with Crippen molar-refractivity contribution in [1.29, 1.82) is 0 Å². The molecular formula is C16H16N2O4. The minimum atomic E-state index is -0.779. The number of carbonyl (C=O) groups is 2. The zero-order valence-corrected chi connectivity index (χ0v) is 12.0. The van der Waals surface area contributed by atoms with Crippen LogP contribution in [0.25, 0.3) is 0 Å². The molecule has 0 aliphatic heterocycles. The quantitative estimate of drug-likeness (QED) is 0.749. The summed E-state index contributed by atoms with van der Waals surface area (Å²) in [5, 5.41) is 14.5. The number of ether oxygens (including phenoxy) is 1. The highest BCUT2D eigenvalue weighted by Gasteiger charge is 2.14. The van der Waals surface area contributed by atoms with Crippen molar-refractivity contribution in [3.63, 3.8) is 0 Å². The van der Waals surface area contributed by atoms with E-state index < -0.39 is 11.8 Å². The van der Waals surface area contributed by atoms with Crippen LogP contribution in [-0.4, -0.2) is 24.0 Å². The Balaban J connectivity index is 1.89. The van der Waals surface area contributed by atoms with Crippen molar-refractivity contribution in [1.82, 2.24) is 5.32 Å². The first-order valence-electron chi connectivity index (χ1n) is 6.60. The lowest BCUT2D eigenvalue weighted by Crippen LogP contribution is -2.34. The molecule has 6 nitrogen and oxygen atoms in total. The highest BCUT2D eigenvalue weighted by atomic mass is 16.5. The number of phenolic OH excluding ortho intramolecular Hbond substituents is 1. The standard InChI is InChI=1S/C16H16N2O4/c1-22-13-8-6-12(7-9-13)18-16(21)15(20)17-10-11-4-2-3-5-14(11)19/h2-9,19H,10H2,1H3,(H,17,20)(H,18,21). The summed E-state index contributed by atoms with van der Waals surface area (Å²) in [6.45, 7) is 0.0710. The number of amides is 2. The van der Waals surface area contributed by atoms with E-state index >= 15 is 0 Å². The molecule has 0 bridgehead atoms. The minimum Gasteiger partial charge on any atom is -0.508 e. The normalized spacial score (nSPS) is 9.86. The van der Waals surface area contributed by atoms with Gasteiger partial charge in [0, 0.05) is 17.8 Å². The zero-order chi connectivity index (χ0) is 15.9. The van der Waals surface area contributed by atoms with Gasteiger partial charge < -0.3 is 20.5 Å². The number of nitrogens with one attached hydrogen (secondary N) is 2. The van der Waals surface area contributed by atoms with Gasteiger partial charge in [-0.15, -0.1) is 0 Å². The molecule has 0 heterocycles. The Hall–Kier alpha value is -3.02. The highest BCUT2D eigenvalue weighted by Crippen LogP contribution is 2.16. The van der Waals surface area contributed by atoms with Gasteiger partial charge in [-0.25, -0.2) is 0 Å². The molecule has 2 amide bonds. The predicted molar refractivity (Wildman–Crippen MR) is 81.6 cm³/mol. The number of anilines is 1. The van der Waals surface area contributed by atoms with Gasteiger partial charge in [-0.3, -0.25) is 9.59 Å². The largest absolute Gasteiger partial charge is 0.508 e. The van der Waals surface area contributed by atoms with Crippen molar-refractivity contribution in [3.8, 4) is 11.5 Å². The average molecular weight is 300 g/mol. The van der Waals surface area contributed by atoms with Crippen molar-refractivity contribution in [3.05, 3.63) is 54.1 Å². The van der Waals surface area contributed by atoms with E-state index in [1.54, 1.807) is 49.6 Å². The van der Waals surface area contributed by atoms with Crippen LogP contribution in [0.4, 0.5) is 5.69 Å². The number of hydrogen-bond acceptors (Lipinski definition) is 4. The van der Waals surface area contributed by atoms with E-state index in [0.29, 0.717) is 17.0 Å². The van der Waals surface area contributed by atoms with Gasteiger partial charge in [0.15, 0.2) is 0 Å². The summed E-state index contributed by atoms with van der Waals surface area (Å²) in [4.78, 5) is 23.5. The predicted octanol–water partition coefficient (Wildman–Crippen LogP) is 1.66. The van der Waals surface area contributed by atoms with Crippen LogP contribution in [0.15, 0.2) is 48.5 Å². The third-order valence-corrected chi connectivity index (χ3v) is 2.99. The van der Waals surface area contributed by atoms with Gasteiger partial charge in [-0.2, -0.15) is 0 Å². The second-order valence-electron chi connectivity index (χ2n) is 4.49. The molecule has 0 saturated carbocycles. The Kier molecular flexibility index (Phi) is 4.98. The Labute approximate surface area is 127 Å². The summed E-state index contributed by atoms with van der Waals surface area (Å²) in [6, 6.07) is 13.2. The summed E-state index contributed by atoms with van der Waals surface area (Å²) in [6.07, 6.45) is 0. The first-order valence-corrected chi connectivity index (χ1v) is 6.60. The van der Waals surface area contributed by atoms with E-state index in [1.807, 2.05) is 0 Å². The third kappa shape index (κ3) is 3.99. The molecule has 2 rings (SSSR count). The summed E-state index contributed by atoms with van der Waals surface area (Å²) in [5.74, 6) is -0.833. The Bertz CT molecular complexity index is 668. The molecule has 0 unspecified atom stereocenters. The van der Waals surface area contributed by atoms with Gasteiger partial charge in [0.25, 0.3) is 0 Å². The van der Waals surface area contributed by atoms with Crippen molar-refractivity contribution >= 4 is 17.5 Å². The van der Waals surface area contributed by atoms with E-state index in [9.17, 15) is 14.7 Å². The number of para-hydroxylation sites is 1. The number of hydrogen-bond donors (Lipinski definition) is 3. The van der Waals surface area contributed by atoms with Crippen molar-refractivity contribution in [2.45, 2.75) is 6.54 Å². The lowest BCUT2D eigenvalue weighted by atomic mass is 10.2. The fraction of sp³-hybridized carbons (Fsp3) is 0.125. The van der Waals surface area contributed by atoms with Crippen molar-refractivity contribution in [2.24, 2.45) is 0 Å². The third-order valence-electron chi connectivity index (χ3n) is 2.99. The molecular weight excluding hydrogens is 284 g/mol. The smallest absolute Gasteiger partial charge is 0.313 e. The van der Waals surface area contributed by atoms with Gasteiger partial charge in [-0.1, -0.05) is 18.2 Å². The van der Waals surface area contributed by atoms with E-state index in [-0.39, 0.29) is 12.3 Å². The number of carbonyl (C=O) groups excluding carboxylic acids is 2. The summed E-state index contributed by atoms with van der Waals surface area (Å²) >= 11 is 0. The Morgan fingerprint density at radius 3 is 2.36 bits per heavy atom. The summed E-state index contributed by atoms with van der Waals surface area (Å²) in [5.41, 5.74) is 1.02. The number of benzene rings is 2. The van der Waals surface area contributed by atoms with Gasteiger partial charge in [0.05, 0.1) is 7.11 Å². The summed E-state index contributed by atoms with van der Waals surface area (Å²) in [7, 11) is 1.54. The average Bonchev–Trinajstić information content (AvgIpc) is 2.54. The molecule has 0 spiro atoms. The monoisotopic (exact) mass is 300 g/mol. The van der Waals surface area contributed by atoms with Crippen LogP contribution in [0.3, 0.4) is 0 Å². The molecule has 114 valence electrons. The zero-order valence-electron chi connectivity index (χ0n) is 12.0. The van der Waals surface area contributed by atoms with E-state index in [4.69, 9.17) is 4.74 Å². The van der Waals surface area contributed by atoms with E-state index in [2.05, 4.69) is 10.6 Å². The second-order valence-corrected chi connectivity index (χ2v) is 4.49. The van der Waals surface area contributed by atoms with Crippen LogP contribution in [0.2, 0.25) is 0 Å². The molecule has 6 heteroatoms. The number of methoxy groups -OCH3 is 1. The van der Waals surface area contributed by atoms with Crippen LogP contribution in [0, 0.1) is 0 Å². The van der Waals surface area contributed by atoms with Crippen LogP contribution in [-0.2, 0) is 16.1 Å². The van der Waals surface area contributed by atoms with Gasteiger partial charge >= 0.3 is 11.8 Å². The second kappa shape index (κ2) is 7.12. The van der Waals surface area contributed by atoms with Crippen LogP contribution < -0.4 is 15.4 Å². The molecule has 0 aliphatic rings. The van der Waals surface area contributed by atoms with Gasteiger partial charge in [0.1, 0.15) is 11.5 Å². The van der Waals surface area contributed by atoms with Crippen molar-refractivity contribution in [2.75, 3.05) is 12.4 Å². The molecule has 0 aromatic heterocycles. The first-order chi connectivity index (χ1) is 10.6. The molecule has 0 radical (unpaired) electrons. The Morgan fingerprint density at radius 1 is 1.05 bits per heavy atom. The van der Waals surface area contributed by atoms with Crippen LogP contribution >= 0.6 is 0 Å². The maximum absolute atomic E-state index is 11.8. The summed E-state index contributed by atoms with van der Waals surface area (Å²) < 4.78 is 5.00. The number of aromatic hydroxyl groups is 1. The molecule has 3 N–H and O–H groups in total. The number of rotatable bonds is 4.